The molecule has 0 spiro atoms. The third-order valence-electron chi connectivity index (χ3n) is 2.19. The Hall–Kier alpha value is -0.590. The summed E-state index contributed by atoms with van der Waals surface area (Å²) in [4.78, 5) is 0. The molecule has 0 aliphatic rings. The SMILES string of the molecule is CCNCc1cc(Cl)ccc1OCCSC(F)(F)F. The molecule has 7 heteroatoms. The van der Waals surface area contributed by atoms with Crippen molar-refractivity contribution in [1.82, 2.24) is 5.32 Å². The van der Waals surface area contributed by atoms with E-state index in [2.05, 4.69) is 5.32 Å². The Morgan fingerprint density at radius 1 is 1.37 bits per heavy atom. The van der Waals surface area contributed by atoms with Crippen LogP contribution in [0.4, 0.5) is 13.2 Å². The van der Waals surface area contributed by atoms with E-state index in [4.69, 9.17) is 16.3 Å². The van der Waals surface area contributed by atoms with Gasteiger partial charge in [-0.05, 0) is 36.5 Å². The van der Waals surface area contributed by atoms with E-state index < -0.39 is 5.51 Å². The lowest BCUT2D eigenvalue weighted by atomic mass is 10.2. The van der Waals surface area contributed by atoms with Crippen LogP contribution in [0.1, 0.15) is 12.5 Å². The Bertz CT molecular complexity index is 401. The number of halogens is 4. The number of benzene rings is 1. The molecule has 0 saturated carbocycles. The minimum atomic E-state index is -4.21. The summed E-state index contributed by atoms with van der Waals surface area (Å²) in [6, 6.07) is 5.08. The molecule has 1 aromatic carbocycles. The van der Waals surface area contributed by atoms with Crippen molar-refractivity contribution in [2.45, 2.75) is 19.0 Å². The van der Waals surface area contributed by atoms with Crippen LogP contribution < -0.4 is 10.1 Å². The number of nitrogens with one attached hydrogen (secondary N) is 1. The van der Waals surface area contributed by atoms with Crippen LogP contribution in [0.25, 0.3) is 0 Å². The zero-order valence-electron chi connectivity index (χ0n) is 10.4. The predicted octanol–water partition coefficient (Wildman–Crippen LogP) is 4.08. The number of thioether (sulfide) groups is 1. The molecule has 0 aromatic heterocycles. The number of ether oxygens (including phenoxy) is 1. The number of alkyl halides is 3. The number of hydrogen-bond acceptors (Lipinski definition) is 3. The van der Waals surface area contributed by atoms with Crippen molar-refractivity contribution >= 4 is 23.4 Å². The van der Waals surface area contributed by atoms with Crippen molar-refractivity contribution in [1.29, 1.82) is 0 Å². The van der Waals surface area contributed by atoms with E-state index in [1.54, 1.807) is 18.2 Å². The first kappa shape index (κ1) is 16.5. The van der Waals surface area contributed by atoms with Crippen LogP contribution in [-0.2, 0) is 6.54 Å². The summed E-state index contributed by atoms with van der Waals surface area (Å²) in [5, 5.41) is 3.70. The molecule has 1 N–H and O–H groups in total. The molecule has 108 valence electrons. The summed E-state index contributed by atoms with van der Waals surface area (Å²) in [5.74, 6) is 0.431. The van der Waals surface area contributed by atoms with E-state index in [-0.39, 0.29) is 24.1 Å². The zero-order chi connectivity index (χ0) is 14.3. The summed E-state index contributed by atoms with van der Waals surface area (Å²) in [5.41, 5.74) is -3.37. The third kappa shape index (κ3) is 6.94. The fourth-order valence-electron chi connectivity index (χ4n) is 1.40. The van der Waals surface area contributed by atoms with E-state index in [1.165, 1.54) is 0 Å². The fraction of sp³-hybridized carbons (Fsp3) is 0.500. The number of rotatable bonds is 7. The van der Waals surface area contributed by atoms with Crippen molar-refractivity contribution in [3.63, 3.8) is 0 Å². The molecular weight excluding hydrogens is 299 g/mol. The van der Waals surface area contributed by atoms with Gasteiger partial charge in [0, 0.05) is 22.9 Å². The number of hydrogen-bond donors (Lipinski definition) is 1. The highest BCUT2D eigenvalue weighted by molar-refractivity contribution is 8.00. The van der Waals surface area contributed by atoms with Gasteiger partial charge in [0.1, 0.15) is 5.75 Å². The normalized spacial score (nSPS) is 11.6. The van der Waals surface area contributed by atoms with Gasteiger partial charge in [-0.25, -0.2) is 0 Å². The lowest BCUT2D eigenvalue weighted by Gasteiger charge is -2.12. The molecule has 0 aliphatic carbocycles. The van der Waals surface area contributed by atoms with Crippen LogP contribution in [0.3, 0.4) is 0 Å². The summed E-state index contributed by atoms with van der Waals surface area (Å²) in [6.45, 7) is 3.32. The second kappa shape index (κ2) is 7.87. The minimum absolute atomic E-state index is 0.00489. The van der Waals surface area contributed by atoms with Crippen molar-refractivity contribution in [3.8, 4) is 5.75 Å². The van der Waals surface area contributed by atoms with Crippen LogP contribution in [0.15, 0.2) is 18.2 Å². The van der Waals surface area contributed by atoms with Gasteiger partial charge in [0.25, 0.3) is 0 Å². The summed E-state index contributed by atoms with van der Waals surface area (Å²) in [6.07, 6.45) is 0. The molecule has 0 bridgehead atoms. The Morgan fingerprint density at radius 2 is 2.11 bits per heavy atom. The highest BCUT2D eigenvalue weighted by Gasteiger charge is 2.27. The van der Waals surface area contributed by atoms with E-state index in [1.807, 2.05) is 6.92 Å². The van der Waals surface area contributed by atoms with Gasteiger partial charge < -0.3 is 10.1 Å². The second-order valence-corrected chi connectivity index (χ2v) is 5.27. The molecule has 0 aliphatic heterocycles. The Labute approximate surface area is 119 Å². The van der Waals surface area contributed by atoms with Crippen molar-refractivity contribution in [2.24, 2.45) is 0 Å². The van der Waals surface area contributed by atoms with Gasteiger partial charge >= 0.3 is 5.51 Å². The molecule has 0 saturated heterocycles. The van der Waals surface area contributed by atoms with Gasteiger partial charge in [0.15, 0.2) is 0 Å². The van der Waals surface area contributed by atoms with Crippen molar-refractivity contribution in [2.75, 3.05) is 18.9 Å². The minimum Gasteiger partial charge on any atom is -0.492 e. The first-order valence-corrected chi connectivity index (χ1v) is 7.11. The van der Waals surface area contributed by atoms with Gasteiger partial charge in [-0.1, -0.05) is 18.5 Å². The molecule has 0 atom stereocenters. The first-order chi connectivity index (χ1) is 8.92. The van der Waals surface area contributed by atoms with Crippen LogP contribution in [0.2, 0.25) is 5.02 Å². The lowest BCUT2D eigenvalue weighted by molar-refractivity contribution is -0.0329. The van der Waals surface area contributed by atoms with Gasteiger partial charge in [-0.2, -0.15) is 13.2 Å². The molecule has 0 fully saturated rings. The topological polar surface area (TPSA) is 21.3 Å². The molecule has 0 heterocycles. The Morgan fingerprint density at radius 3 is 2.74 bits per heavy atom. The van der Waals surface area contributed by atoms with E-state index in [9.17, 15) is 13.2 Å². The van der Waals surface area contributed by atoms with Crippen molar-refractivity contribution < 1.29 is 17.9 Å². The molecule has 2 nitrogen and oxygen atoms in total. The molecule has 1 aromatic rings. The van der Waals surface area contributed by atoms with E-state index in [0.717, 1.165) is 12.1 Å². The lowest BCUT2D eigenvalue weighted by Crippen LogP contribution is -2.14. The monoisotopic (exact) mass is 313 g/mol. The van der Waals surface area contributed by atoms with Crippen molar-refractivity contribution in [3.05, 3.63) is 28.8 Å². The molecule has 0 radical (unpaired) electrons. The van der Waals surface area contributed by atoms with Gasteiger partial charge in [-0.3, -0.25) is 0 Å². The maximum Gasteiger partial charge on any atom is 0.441 e. The largest absolute Gasteiger partial charge is 0.492 e. The van der Waals surface area contributed by atoms with Crippen LogP contribution in [0, 0.1) is 0 Å². The first-order valence-electron chi connectivity index (χ1n) is 5.75. The summed E-state index contributed by atoms with van der Waals surface area (Å²) < 4.78 is 41.2. The molecule has 0 unspecified atom stereocenters. The Kier molecular flexibility index (Phi) is 6.82. The van der Waals surface area contributed by atoms with E-state index >= 15 is 0 Å². The highest BCUT2D eigenvalue weighted by Crippen LogP contribution is 2.30. The van der Waals surface area contributed by atoms with Gasteiger partial charge in [0.2, 0.25) is 0 Å². The maximum atomic E-state index is 12.0. The molecular formula is C12H15ClF3NOS. The summed E-state index contributed by atoms with van der Waals surface area (Å²) >= 11 is 5.79. The smallest absolute Gasteiger partial charge is 0.441 e. The van der Waals surface area contributed by atoms with Gasteiger partial charge in [0.05, 0.1) is 6.61 Å². The highest BCUT2D eigenvalue weighted by atomic mass is 35.5. The average Bonchev–Trinajstić information content (AvgIpc) is 2.32. The molecule has 0 amide bonds. The quantitative estimate of drug-likeness (QED) is 0.766. The molecule has 19 heavy (non-hydrogen) atoms. The van der Waals surface area contributed by atoms with Gasteiger partial charge in [-0.15, -0.1) is 0 Å². The zero-order valence-corrected chi connectivity index (χ0v) is 12.0. The van der Waals surface area contributed by atoms with Crippen LogP contribution in [-0.4, -0.2) is 24.4 Å². The Balaban J connectivity index is 2.52. The fourth-order valence-corrected chi connectivity index (χ4v) is 1.99. The predicted molar refractivity (Wildman–Crippen MR) is 72.8 cm³/mol. The maximum absolute atomic E-state index is 12.0. The second-order valence-electron chi connectivity index (χ2n) is 3.68. The van der Waals surface area contributed by atoms with Crippen LogP contribution >= 0.6 is 23.4 Å². The van der Waals surface area contributed by atoms with E-state index in [0.29, 0.717) is 17.3 Å². The standard InChI is InChI=1S/C12H15ClF3NOS/c1-2-17-8-9-7-10(13)3-4-11(9)18-5-6-19-12(14,15)16/h3-4,7,17H,2,5-6,8H2,1H3. The summed E-state index contributed by atoms with van der Waals surface area (Å²) in [7, 11) is 0. The van der Waals surface area contributed by atoms with Crippen LogP contribution in [0.5, 0.6) is 5.75 Å². The third-order valence-corrected chi connectivity index (χ3v) is 3.13. The average molecular weight is 314 g/mol. The molecule has 1 rings (SSSR count).